The molecule has 1 aromatic heterocycles. The van der Waals surface area contributed by atoms with Crippen LogP contribution in [0.15, 0.2) is 30.3 Å². The van der Waals surface area contributed by atoms with E-state index < -0.39 is 22.6 Å². The number of benzene rings is 1. The van der Waals surface area contributed by atoms with E-state index in [0.29, 0.717) is 5.56 Å². The number of hydrogen-bond donors (Lipinski definition) is 0. The van der Waals surface area contributed by atoms with Crippen LogP contribution in [-0.4, -0.2) is 16.9 Å². The Balaban J connectivity index is 2.59. The van der Waals surface area contributed by atoms with Crippen LogP contribution >= 0.6 is 11.5 Å². The van der Waals surface area contributed by atoms with Crippen LogP contribution in [0.5, 0.6) is 0 Å². The number of carbonyl (C=O) groups excluding carboxylic acids is 1. The minimum absolute atomic E-state index is 0.000205. The van der Waals surface area contributed by atoms with Crippen LogP contribution in [0, 0.1) is 0 Å². The third-order valence-electron chi connectivity index (χ3n) is 2.48. The van der Waals surface area contributed by atoms with Crippen LogP contribution in [0.1, 0.15) is 22.2 Å². The van der Waals surface area contributed by atoms with Crippen molar-refractivity contribution in [2.75, 3.05) is 6.61 Å². The Morgan fingerprint density at radius 3 is 2.50 bits per heavy atom. The summed E-state index contributed by atoms with van der Waals surface area (Å²) in [6, 6.07) is 8.24. The van der Waals surface area contributed by atoms with E-state index in [1.165, 1.54) is 6.92 Å². The lowest BCUT2D eigenvalue weighted by atomic mass is 10.1. The molecule has 0 unspecified atom stereocenters. The first-order valence-corrected chi connectivity index (χ1v) is 6.52. The van der Waals surface area contributed by atoms with E-state index in [0.717, 1.165) is 0 Å². The maximum absolute atomic E-state index is 12.9. The molecule has 0 aliphatic carbocycles. The van der Waals surface area contributed by atoms with Gasteiger partial charge in [0.2, 0.25) is 0 Å². The van der Waals surface area contributed by atoms with Gasteiger partial charge in [-0.15, -0.1) is 0 Å². The molecule has 0 aliphatic heterocycles. The van der Waals surface area contributed by atoms with Crippen LogP contribution in [0.25, 0.3) is 11.3 Å². The molecule has 20 heavy (non-hydrogen) atoms. The highest BCUT2D eigenvalue weighted by Gasteiger charge is 2.40. The van der Waals surface area contributed by atoms with Gasteiger partial charge in [0.15, 0.2) is 0 Å². The Kier molecular flexibility index (Phi) is 4.08. The molecule has 0 saturated heterocycles. The number of hydrogen-bond acceptors (Lipinski definition) is 4. The van der Waals surface area contributed by atoms with Gasteiger partial charge in [0.1, 0.15) is 10.4 Å². The standard InChI is InChI=1S/C13H10F3NO2S/c1-2-19-12(18)9-10(8-6-4-3-5-7-8)17-20-11(9)13(14,15)16/h3-7H,2H2,1H3. The number of alkyl halides is 3. The van der Waals surface area contributed by atoms with E-state index in [1.807, 2.05) is 0 Å². The van der Waals surface area contributed by atoms with Crippen molar-refractivity contribution in [2.24, 2.45) is 0 Å². The van der Waals surface area contributed by atoms with Gasteiger partial charge in [-0.05, 0) is 18.5 Å². The van der Waals surface area contributed by atoms with E-state index in [1.54, 1.807) is 30.3 Å². The number of esters is 1. The zero-order valence-electron chi connectivity index (χ0n) is 10.4. The molecule has 0 atom stereocenters. The van der Waals surface area contributed by atoms with Crippen molar-refractivity contribution in [2.45, 2.75) is 13.1 Å². The van der Waals surface area contributed by atoms with Gasteiger partial charge in [0.05, 0.1) is 12.3 Å². The molecule has 3 nitrogen and oxygen atoms in total. The predicted molar refractivity (Wildman–Crippen MR) is 68.5 cm³/mol. The fourth-order valence-electron chi connectivity index (χ4n) is 1.67. The maximum Gasteiger partial charge on any atom is 0.428 e. The zero-order valence-corrected chi connectivity index (χ0v) is 11.2. The van der Waals surface area contributed by atoms with Gasteiger partial charge in [0.25, 0.3) is 0 Å². The highest BCUT2D eigenvalue weighted by molar-refractivity contribution is 7.06. The lowest BCUT2D eigenvalue weighted by Gasteiger charge is -2.08. The number of nitrogens with zero attached hydrogens (tertiary/aromatic N) is 1. The average molecular weight is 301 g/mol. The second-order valence-corrected chi connectivity index (χ2v) is 4.59. The van der Waals surface area contributed by atoms with Crippen LogP contribution in [0.2, 0.25) is 0 Å². The molecular formula is C13H10F3NO2S. The molecule has 0 radical (unpaired) electrons. The molecule has 1 heterocycles. The molecule has 0 bridgehead atoms. The maximum atomic E-state index is 12.9. The van der Waals surface area contributed by atoms with Gasteiger partial charge in [0, 0.05) is 5.56 Å². The summed E-state index contributed by atoms with van der Waals surface area (Å²) in [5, 5.41) is 0. The van der Waals surface area contributed by atoms with Gasteiger partial charge in [-0.3, -0.25) is 0 Å². The Hall–Kier alpha value is -1.89. The second-order valence-electron chi connectivity index (χ2n) is 3.82. The van der Waals surface area contributed by atoms with Gasteiger partial charge >= 0.3 is 12.1 Å². The van der Waals surface area contributed by atoms with Crippen molar-refractivity contribution in [1.82, 2.24) is 4.37 Å². The lowest BCUT2D eigenvalue weighted by Crippen LogP contribution is -2.13. The van der Waals surface area contributed by atoms with Gasteiger partial charge in [-0.2, -0.15) is 17.5 Å². The Morgan fingerprint density at radius 1 is 1.30 bits per heavy atom. The summed E-state index contributed by atoms with van der Waals surface area (Å²) in [4.78, 5) is 10.8. The minimum Gasteiger partial charge on any atom is -0.462 e. The second kappa shape index (κ2) is 5.62. The highest BCUT2D eigenvalue weighted by Crippen LogP contribution is 2.39. The van der Waals surface area contributed by atoms with Crippen molar-refractivity contribution in [3.05, 3.63) is 40.8 Å². The van der Waals surface area contributed by atoms with Gasteiger partial charge in [-0.25, -0.2) is 4.79 Å². The highest BCUT2D eigenvalue weighted by atomic mass is 32.1. The average Bonchev–Trinajstić information content (AvgIpc) is 2.84. The zero-order chi connectivity index (χ0) is 14.8. The Bertz CT molecular complexity index is 608. The number of ether oxygens (including phenoxy) is 1. The smallest absolute Gasteiger partial charge is 0.428 e. The monoisotopic (exact) mass is 301 g/mol. The molecule has 1 aromatic carbocycles. The first kappa shape index (κ1) is 14.5. The molecule has 0 fully saturated rings. The van der Waals surface area contributed by atoms with E-state index in [4.69, 9.17) is 4.74 Å². The minimum atomic E-state index is -4.63. The van der Waals surface area contributed by atoms with Crippen LogP contribution < -0.4 is 0 Å². The molecule has 0 saturated carbocycles. The van der Waals surface area contributed by atoms with Crippen LogP contribution in [0.4, 0.5) is 13.2 Å². The van der Waals surface area contributed by atoms with Crippen molar-refractivity contribution in [1.29, 1.82) is 0 Å². The number of halogens is 3. The third kappa shape index (κ3) is 2.82. The van der Waals surface area contributed by atoms with Crippen LogP contribution in [-0.2, 0) is 10.9 Å². The molecule has 106 valence electrons. The third-order valence-corrected chi connectivity index (χ3v) is 3.37. The molecule has 0 spiro atoms. The fraction of sp³-hybridized carbons (Fsp3) is 0.231. The van der Waals surface area contributed by atoms with E-state index in [-0.39, 0.29) is 23.8 Å². The molecular weight excluding hydrogens is 291 g/mol. The molecule has 2 aromatic rings. The molecule has 7 heteroatoms. The predicted octanol–water partition coefficient (Wildman–Crippen LogP) is 4.01. The molecule has 0 N–H and O–H groups in total. The first-order chi connectivity index (χ1) is 9.45. The summed E-state index contributed by atoms with van der Waals surface area (Å²) < 4.78 is 47.3. The summed E-state index contributed by atoms with van der Waals surface area (Å²) in [7, 11) is 0. The summed E-state index contributed by atoms with van der Waals surface area (Å²) in [5.74, 6) is -1.01. The largest absolute Gasteiger partial charge is 0.462 e. The van der Waals surface area contributed by atoms with E-state index in [2.05, 4.69) is 4.37 Å². The molecule has 0 amide bonds. The Labute approximate surface area is 117 Å². The number of carbonyl (C=O) groups is 1. The van der Waals surface area contributed by atoms with E-state index >= 15 is 0 Å². The molecule has 2 rings (SSSR count). The summed E-state index contributed by atoms with van der Waals surface area (Å²) >= 11 is 0.256. The SMILES string of the molecule is CCOC(=O)c1c(-c2ccccc2)nsc1C(F)(F)F. The topological polar surface area (TPSA) is 39.2 Å². The molecule has 0 aliphatic rings. The number of aromatic nitrogens is 1. The van der Waals surface area contributed by atoms with Gasteiger partial charge in [-0.1, -0.05) is 30.3 Å². The van der Waals surface area contributed by atoms with Crippen molar-refractivity contribution < 1.29 is 22.7 Å². The van der Waals surface area contributed by atoms with Crippen molar-refractivity contribution in [3.63, 3.8) is 0 Å². The summed E-state index contributed by atoms with van der Waals surface area (Å²) in [5.41, 5.74) is -0.0702. The van der Waals surface area contributed by atoms with E-state index in [9.17, 15) is 18.0 Å². The Morgan fingerprint density at radius 2 is 1.95 bits per heavy atom. The summed E-state index contributed by atoms with van der Waals surface area (Å²) in [6.45, 7) is 1.54. The van der Waals surface area contributed by atoms with Crippen molar-refractivity contribution >= 4 is 17.5 Å². The quantitative estimate of drug-likeness (QED) is 0.804. The van der Waals surface area contributed by atoms with Gasteiger partial charge < -0.3 is 4.74 Å². The summed E-state index contributed by atoms with van der Waals surface area (Å²) in [6.07, 6.45) is -4.63. The van der Waals surface area contributed by atoms with Crippen LogP contribution in [0.3, 0.4) is 0 Å². The fourth-order valence-corrected chi connectivity index (χ4v) is 2.42. The first-order valence-electron chi connectivity index (χ1n) is 5.74. The van der Waals surface area contributed by atoms with Crippen molar-refractivity contribution in [3.8, 4) is 11.3 Å². The number of rotatable bonds is 3. The lowest BCUT2D eigenvalue weighted by molar-refractivity contribution is -0.134. The normalized spacial score (nSPS) is 11.4.